The van der Waals surface area contributed by atoms with Gasteiger partial charge in [-0.1, -0.05) is 13.3 Å². The maximum Gasteiger partial charge on any atom is 0.140 e. The Balaban J connectivity index is 2.30. The van der Waals surface area contributed by atoms with Crippen molar-refractivity contribution in [3.8, 4) is 0 Å². The Morgan fingerprint density at radius 1 is 1.35 bits per heavy atom. The van der Waals surface area contributed by atoms with Crippen LogP contribution in [0, 0.1) is 0 Å². The molecule has 0 aliphatic heterocycles. The molecule has 0 spiro atoms. The summed E-state index contributed by atoms with van der Waals surface area (Å²) in [5.74, 6) is 0.943. The van der Waals surface area contributed by atoms with E-state index < -0.39 is 0 Å². The molecular formula is C12H17N3OS. The lowest BCUT2D eigenvalue weighted by atomic mass is 10.3. The second kappa shape index (κ2) is 5.93. The Hall–Kier alpha value is -1.20. The van der Waals surface area contributed by atoms with Gasteiger partial charge in [-0.15, -0.1) is 11.3 Å². The molecule has 0 saturated heterocycles. The van der Waals surface area contributed by atoms with E-state index in [1.165, 1.54) is 0 Å². The third kappa shape index (κ3) is 2.73. The lowest BCUT2D eigenvalue weighted by Crippen LogP contribution is -2.28. The first-order valence-corrected chi connectivity index (χ1v) is 6.78. The van der Waals surface area contributed by atoms with Gasteiger partial charge >= 0.3 is 0 Å². The van der Waals surface area contributed by atoms with E-state index in [2.05, 4.69) is 21.8 Å². The smallest absolute Gasteiger partial charge is 0.140 e. The topological polar surface area (TPSA) is 49.2 Å². The molecule has 92 valence electrons. The maximum atomic E-state index is 9.14. The first kappa shape index (κ1) is 12.3. The van der Waals surface area contributed by atoms with Gasteiger partial charge in [0.1, 0.15) is 17.0 Å². The van der Waals surface area contributed by atoms with Crippen molar-refractivity contribution in [2.75, 3.05) is 24.6 Å². The highest BCUT2D eigenvalue weighted by Gasteiger charge is 2.11. The molecule has 0 saturated carbocycles. The van der Waals surface area contributed by atoms with Gasteiger partial charge < -0.3 is 10.0 Å². The van der Waals surface area contributed by atoms with Crippen LogP contribution in [0.3, 0.4) is 0 Å². The molecular weight excluding hydrogens is 234 g/mol. The van der Waals surface area contributed by atoms with E-state index >= 15 is 0 Å². The number of aliphatic hydroxyl groups excluding tert-OH is 1. The highest BCUT2D eigenvalue weighted by atomic mass is 32.1. The molecule has 0 radical (unpaired) electrons. The summed E-state index contributed by atoms with van der Waals surface area (Å²) in [6.45, 7) is 3.87. The summed E-state index contributed by atoms with van der Waals surface area (Å²) in [4.78, 5) is 11.8. The molecule has 17 heavy (non-hydrogen) atoms. The molecule has 0 fully saturated rings. The zero-order chi connectivity index (χ0) is 12.1. The third-order valence-electron chi connectivity index (χ3n) is 2.69. The number of aromatic nitrogens is 2. The molecule has 0 aliphatic rings. The summed E-state index contributed by atoms with van der Waals surface area (Å²) in [6.07, 6.45) is 3.85. The molecule has 0 unspecified atom stereocenters. The molecule has 0 amide bonds. The fourth-order valence-electron chi connectivity index (χ4n) is 1.82. The van der Waals surface area contributed by atoms with Crippen LogP contribution in [0.4, 0.5) is 5.82 Å². The Morgan fingerprint density at radius 3 is 3.00 bits per heavy atom. The Morgan fingerprint density at radius 2 is 2.24 bits per heavy atom. The Kier molecular flexibility index (Phi) is 4.28. The second-order valence-electron chi connectivity index (χ2n) is 3.90. The molecule has 4 nitrogen and oxygen atoms in total. The highest BCUT2D eigenvalue weighted by Crippen LogP contribution is 2.26. The molecule has 2 rings (SSSR count). The minimum atomic E-state index is 0.152. The third-order valence-corrected chi connectivity index (χ3v) is 3.51. The van der Waals surface area contributed by atoms with Crippen LogP contribution in [0.5, 0.6) is 0 Å². The molecule has 0 aromatic carbocycles. The molecule has 0 aliphatic carbocycles. The van der Waals surface area contributed by atoms with E-state index in [-0.39, 0.29) is 6.61 Å². The fraction of sp³-hybridized carbons (Fsp3) is 0.500. The molecule has 5 heteroatoms. The summed E-state index contributed by atoms with van der Waals surface area (Å²) < 4.78 is 0. The van der Waals surface area contributed by atoms with Gasteiger partial charge in [0.2, 0.25) is 0 Å². The van der Waals surface area contributed by atoms with Crippen LogP contribution in [-0.2, 0) is 0 Å². The van der Waals surface area contributed by atoms with Crippen LogP contribution < -0.4 is 4.90 Å². The first-order chi connectivity index (χ1) is 8.36. The van der Waals surface area contributed by atoms with Gasteiger partial charge in [0.15, 0.2) is 0 Å². The number of unbranched alkanes of at least 4 members (excludes halogenated alkanes) is 1. The predicted octanol–water partition coefficient (Wildman–Crippen LogP) is 2.29. The van der Waals surface area contributed by atoms with Crippen molar-refractivity contribution in [1.82, 2.24) is 9.97 Å². The zero-order valence-corrected chi connectivity index (χ0v) is 10.8. The first-order valence-electron chi connectivity index (χ1n) is 5.90. The number of fused-ring (bicyclic) bond motifs is 1. The van der Waals surface area contributed by atoms with Crippen LogP contribution >= 0.6 is 11.3 Å². The molecule has 0 bridgehead atoms. The number of thiophene rings is 1. The summed E-state index contributed by atoms with van der Waals surface area (Å²) in [6, 6.07) is 2.05. The summed E-state index contributed by atoms with van der Waals surface area (Å²) >= 11 is 1.62. The van der Waals surface area contributed by atoms with E-state index in [9.17, 15) is 0 Å². The fourth-order valence-corrected chi connectivity index (χ4v) is 2.55. The summed E-state index contributed by atoms with van der Waals surface area (Å²) in [5, 5.41) is 12.3. The van der Waals surface area contributed by atoms with Crippen LogP contribution in [0.2, 0.25) is 0 Å². The predicted molar refractivity (Wildman–Crippen MR) is 71.6 cm³/mol. The van der Waals surface area contributed by atoms with Crippen molar-refractivity contribution >= 4 is 27.4 Å². The minimum absolute atomic E-state index is 0.152. The van der Waals surface area contributed by atoms with Gasteiger partial charge in [0.25, 0.3) is 0 Å². The monoisotopic (exact) mass is 251 g/mol. The van der Waals surface area contributed by atoms with Crippen LogP contribution in [-0.4, -0.2) is 34.8 Å². The van der Waals surface area contributed by atoms with Gasteiger partial charge in [-0.05, 0) is 17.9 Å². The van der Waals surface area contributed by atoms with Gasteiger partial charge in [0, 0.05) is 13.1 Å². The quantitative estimate of drug-likeness (QED) is 0.855. The van der Waals surface area contributed by atoms with Crippen molar-refractivity contribution in [2.24, 2.45) is 0 Å². The standard InChI is InChI=1S/C12H17N3OS/c1-2-3-5-15(6-7-16)11-10-4-8-17-12(10)14-9-13-11/h4,8-9,16H,2-3,5-7H2,1H3. The maximum absolute atomic E-state index is 9.14. The van der Waals surface area contributed by atoms with Crippen LogP contribution in [0.25, 0.3) is 10.2 Å². The van der Waals surface area contributed by atoms with E-state index in [1.807, 2.05) is 11.4 Å². The van der Waals surface area contributed by atoms with Crippen LogP contribution in [0.1, 0.15) is 19.8 Å². The number of aliphatic hydroxyl groups is 1. The van der Waals surface area contributed by atoms with E-state index in [4.69, 9.17) is 5.11 Å². The zero-order valence-electron chi connectivity index (χ0n) is 9.96. The highest BCUT2D eigenvalue weighted by molar-refractivity contribution is 7.16. The van der Waals surface area contributed by atoms with Crippen LogP contribution in [0.15, 0.2) is 17.8 Å². The molecule has 0 atom stereocenters. The molecule has 1 N–H and O–H groups in total. The Labute approximate surface area is 105 Å². The number of hydrogen-bond acceptors (Lipinski definition) is 5. The number of rotatable bonds is 6. The molecule has 2 aromatic heterocycles. The van der Waals surface area contributed by atoms with Gasteiger partial charge in [-0.3, -0.25) is 0 Å². The second-order valence-corrected chi connectivity index (χ2v) is 4.80. The van der Waals surface area contributed by atoms with Crippen molar-refractivity contribution in [3.63, 3.8) is 0 Å². The average molecular weight is 251 g/mol. The molecule has 2 aromatic rings. The number of anilines is 1. The van der Waals surface area contributed by atoms with Gasteiger partial charge in [0.05, 0.1) is 12.0 Å². The van der Waals surface area contributed by atoms with Crippen molar-refractivity contribution in [2.45, 2.75) is 19.8 Å². The average Bonchev–Trinajstić information content (AvgIpc) is 2.82. The van der Waals surface area contributed by atoms with E-state index in [1.54, 1.807) is 17.7 Å². The Bertz CT molecular complexity index is 471. The normalized spacial score (nSPS) is 10.9. The van der Waals surface area contributed by atoms with Gasteiger partial charge in [-0.25, -0.2) is 9.97 Å². The lowest BCUT2D eigenvalue weighted by molar-refractivity contribution is 0.301. The van der Waals surface area contributed by atoms with Gasteiger partial charge in [-0.2, -0.15) is 0 Å². The summed E-state index contributed by atoms with van der Waals surface area (Å²) in [5.41, 5.74) is 0. The summed E-state index contributed by atoms with van der Waals surface area (Å²) in [7, 11) is 0. The number of hydrogen-bond donors (Lipinski definition) is 1. The minimum Gasteiger partial charge on any atom is -0.395 e. The van der Waals surface area contributed by atoms with E-state index in [0.717, 1.165) is 35.4 Å². The SMILES string of the molecule is CCCCN(CCO)c1ncnc2sccc12. The number of nitrogens with zero attached hydrogens (tertiary/aromatic N) is 3. The van der Waals surface area contributed by atoms with E-state index in [0.29, 0.717) is 6.54 Å². The van der Waals surface area contributed by atoms with Crippen molar-refractivity contribution in [3.05, 3.63) is 17.8 Å². The lowest BCUT2D eigenvalue weighted by Gasteiger charge is -2.22. The van der Waals surface area contributed by atoms with Crippen molar-refractivity contribution < 1.29 is 5.11 Å². The largest absolute Gasteiger partial charge is 0.395 e. The van der Waals surface area contributed by atoms with Crippen molar-refractivity contribution in [1.29, 1.82) is 0 Å². The molecule has 2 heterocycles.